The summed E-state index contributed by atoms with van der Waals surface area (Å²) in [5, 5.41) is 11.5. The van der Waals surface area contributed by atoms with Crippen molar-refractivity contribution in [3.05, 3.63) is 40.4 Å². The van der Waals surface area contributed by atoms with Gasteiger partial charge in [-0.15, -0.1) is 0 Å². The van der Waals surface area contributed by atoms with Crippen LogP contribution in [-0.4, -0.2) is 41.8 Å². The Hall–Kier alpha value is -2.26. The third kappa shape index (κ3) is 4.54. The van der Waals surface area contributed by atoms with E-state index in [-0.39, 0.29) is 18.0 Å². The summed E-state index contributed by atoms with van der Waals surface area (Å²) in [7, 11) is -0.886. The molecule has 6 nitrogen and oxygen atoms in total. The zero-order valence-corrected chi connectivity index (χ0v) is 15.9. The number of carboxylic acid groups (broad SMARTS) is 1. The minimum Gasteiger partial charge on any atom is -0.478 e. The lowest BCUT2D eigenvalue weighted by Crippen LogP contribution is -2.41. The van der Waals surface area contributed by atoms with Crippen molar-refractivity contribution in [3.8, 4) is 0 Å². The summed E-state index contributed by atoms with van der Waals surface area (Å²) in [6, 6.07) is 1.40. The van der Waals surface area contributed by atoms with Gasteiger partial charge in [0, 0.05) is 19.0 Å². The molecule has 1 aliphatic rings. The van der Waals surface area contributed by atoms with Crippen LogP contribution >= 0.6 is 0 Å². The highest BCUT2D eigenvalue weighted by atomic mass is 19.1. The number of aromatic carboxylic acids is 1. The number of amides is 1. The van der Waals surface area contributed by atoms with Crippen LogP contribution in [0.1, 0.15) is 50.5 Å². The molecule has 1 fully saturated rings. The first-order valence-corrected chi connectivity index (χ1v) is 8.37. The number of carbonyl (C=O) groups excluding carboxylic acids is 1. The molecule has 9 heteroatoms. The van der Waals surface area contributed by atoms with E-state index in [0.29, 0.717) is 11.5 Å². The SMILES string of the molecule is CC(=O)NCC(=Cc1cc(F)c(C(=O)O)cc1F)B1OC(C)(C)C(C)(C)O1. The second-order valence-electron chi connectivity index (χ2n) is 7.38. The van der Waals surface area contributed by atoms with E-state index < -0.39 is 41.5 Å². The number of carboxylic acids is 1. The van der Waals surface area contributed by atoms with Crippen molar-refractivity contribution in [1.29, 1.82) is 0 Å². The molecule has 1 amide bonds. The fourth-order valence-corrected chi connectivity index (χ4v) is 2.46. The normalized spacial score (nSPS) is 18.5. The molecule has 1 heterocycles. The molecule has 0 saturated carbocycles. The van der Waals surface area contributed by atoms with E-state index in [1.54, 1.807) is 0 Å². The average molecular weight is 381 g/mol. The number of carbonyl (C=O) groups is 2. The quantitative estimate of drug-likeness (QED) is 0.767. The highest BCUT2D eigenvalue weighted by molar-refractivity contribution is 6.56. The van der Waals surface area contributed by atoms with Gasteiger partial charge < -0.3 is 19.7 Å². The van der Waals surface area contributed by atoms with E-state index in [2.05, 4.69) is 5.32 Å². The maximum Gasteiger partial charge on any atom is 0.492 e. The minimum absolute atomic E-state index is 0.00605. The lowest BCUT2D eigenvalue weighted by atomic mass is 9.77. The smallest absolute Gasteiger partial charge is 0.478 e. The van der Waals surface area contributed by atoms with Crippen molar-refractivity contribution >= 4 is 25.1 Å². The molecule has 2 rings (SSSR count). The molecule has 27 heavy (non-hydrogen) atoms. The number of hydrogen-bond donors (Lipinski definition) is 2. The van der Waals surface area contributed by atoms with E-state index in [0.717, 1.165) is 6.07 Å². The van der Waals surface area contributed by atoms with Gasteiger partial charge in [-0.1, -0.05) is 6.08 Å². The lowest BCUT2D eigenvalue weighted by molar-refractivity contribution is -0.118. The maximum atomic E-state index is 14.3. The molecule has 0 radical (unpaired) electrons. The molecule has 146 valence electrons. The first kappa shape index (κ1) is 21.0. The van der Waals surface area contributed by atoms with E-state index in [4.69, 9.17) is 14.4 Å². The summed E-state index contributed by atoms with van der Waals surface area (Å²) in [5.74, 6) is -3.86. The van der Waals surface area contributed by atoms with Gasteiger partial charge in [0.1, 0.15) is 11.6 Å². The zero-order valence-electron chi connectivity index (χ0n) is 15.9. The Morgan fingerprint density at radius 2 is 1.70 bits per heavy atom. The molecular weight excluding hydrogens is 359 g/mol. The third-order valence-corrected chi connectivity index (χ3v) is 4.76. The minimum atomic E-state index is -1.56. The van der Waals surface area contributed by atoms with Crippen molar-refractivity contribution in [3.63, 3.8) is 0 Å². The van der Waals surface area contributed by atoms with E-state index in [9.17, 15) is 18.4 Å². The number of benzene rings is 1. The second kappa shape index (κ2) is 7.40. The standard InChI is InChI=1S/C18H22BF2NO5/c1-10(23)22-9-12(19-26-17(2,3)18(4,5)27-19)6-11-7-15(21)13(16(24)25)8-14(11)20/h6-8H,9H2,1-5H3,(H,22,23)(H,24,25). The topological polar surface area (TPSA) is 84.9 Å². The van der Waals surface area contributed by atoms with Crippen LogP contribution in [0.15, 0.2) is 17.6 Å². The molecule has 0 spiro atoms. The van der Waals surface area contributed by atoms with Gasteiger partial charge in [0.25, 0.3) is 0 Å². The molecule has 2 N–H and O–H groups in total. The Balaban J connectivity index is 2.44. The molecule has 1 aromatic carbocycles. The zero-order chi connectivity index (χ0) is 20.6. The van der Waals surface area contributed by atoms with Crippen LogP contribution in [0.4, 0.5) is 8.78 Å². The van der Waals surface area contributed by atoms with Gasteiger partial charge in [-0.2, -0.15) is 0 Å². The Morgan fingerprint density at radius 1 is 1.15 bits per heavy atom. The number of rotatable bonds is 5. The van der Waals surface area contributed by atoms with Crippen LogP contribution in [0, 0.1) is 11.6 Å². The van der Waals surface area contributed by atoms with Gasteiger partial charge in [0.2, 0.25) is 5.91 Å². The van der Waals surface area contributed by atoms with Crippen molar-refractivity contribution < 1.29 is 32.8 Å². The van der Waals surface area contributed by atoms with E-state index in [1.165, 1.54) is 13.0 Å². The number of nitrogens with one attached hydrogen (secondary N) is 1. The molecule has 0 unspecified atom stereocenters. The molecule has 1 aromatic rings. The summed E-state index contributed by atoms with van der Waals surface area (Å²) in [4.78, 5) is 22.2. The Labute approximate surface area is 156 Å². The van der Waals surface area contributed by atoms with Crippen LogP contribution in [0.2, 0.25) is 0 Å². The monoisotopic (exact) mass is 381 g/mol. The maximum absolute atomic E-state index is 14.3. The van der Waals surface area contributed by atoms with Gasteiger partial charge >= 0.3 is 13.1 Å². The van der Waals surface area contributed by atoms with Gasteiger partial charge in [0.05, 0.1) is 16.8 Å². The Bertz CT molecular complexity index is 791. The van der Waals surface area contributed by atoms with Gasteiger partial charge in [-0.25, -0.2) is 13.6 Å². The van der Waals surface area contributed by atoms with Crippen molar-refractivity contribution in [2.45, 2.75) is 45.8 Å². The van der Waals surface area contributed by atoms with Gasteiger partial charge in [-0.3, -0.25) is 4.79 Å². The fourth-order valence-electron chi connectivity index (χ4n) is 2.46. The second-order valence-corrected chi connectivity index (χ2v) is 7.38. The van der Waals surface area contributed by atoms with Crippen LogP contribution in [0.5, 0.6) is 0 Å². The third-order valence-electron chi connectivity index (χ3n) is 4.76. The highest BCUT2D eigenvalue weighted by Gasteiger charge is 2.52. The average Bonchev–Trinajstić information content (AvgIpc) is 2.74. The van der Waals surface area contributed by atoms with Crippen LogP contribution < -0.4 is 5.32 Å². The summed E-state index contributed by atoms with van der Waals surface area (Å²) >= 11 is 0. The van der Waals surface area contributed by atoms with Crippen LogP contribution in [-0.2, 0) is 14.1 Å². The van der Waals surface area contributed by atoms with Crippen molar-refractivity contribution in [1.82, 2.24) is 5.32 Å². The first-order chi connectivity index (χ1) is 12.3. The molecule has 1 aliphatic heterocycles. The molecule has 0 aromatic heterocycles. The lowest BCUT2D eigenvalue weighted by Gasteiger charge is -2.32. The number of halogens is 2. The van der Waals surface area contributed by atoms with Crippen molar-refractivity contribution in [2.75, 3.05) is 6.54 Å². The van der Waals surface area contributed by atoms with Crippen LogP contribution in [0.25, 0.3) is 6.08 Å². The van der Waals surface area contributed by atoms with E-state index in [1.807, 2.05) is 27.7 Å². The van der Waals surface area contributed by atoms with E-state index >= 15 is 0 Å². The van der Waals surface area contributed by atoms with Crippen LogP contribution in [0.3, 0.4) is 0 Å². The first-order valence-electron chi connectivity index (χ1n) is 8.37. The predicted molar refractivity (Wildman–Crippen MR) is 96.1 cm³/mol. The van der Waals surface area contributed by atoms with Gasteiger partial charge in [0.15, 0.2) is 0 Å². The fraction of sp³-hybridized carbons (Fsp3) is 0.444. The Kier molecular flexibility index (Phi) is 5.77. The largest absolute Gasteiger partial charge is 0.492 e. The number of hydrogen-bond acceptors (Lipinski definition) is 4. The molecular formula is C18H22BF2NO5. The molecule has 0 atom stereocenters. The highest BCUT2D eigenvalue weighted by Crippen LogP contribution is 2.38. The molecule has 0 bridgehead atoms. The molecule has 0 aliphatic carbocycles. The Morgan fingerprint density at radius 3 is 2.19 bits per heavy atom. The summed E-state index contributed by atoms with van der Waals surface area (Å²) in [6.45, 7) is 8.67. The molecule has 1 saturated heterocycles. The van der Waals surface area contributed by atoms with Gasteiger partial charge in [-0.05, 0) is 45.3 Å². The van der Waals surface area contributed by atoms with Crippen molar-refractivity contribution in [2.24, 2.45) is 0 Å². The summed E-state index contributed by atoms with van der Waals surface area (Å²) < 4.78 is 40.1. The predicted octanol–water partition coefficient (Wildman–Crippen LogP) is 2.81. The summed E-state index contributed by atoms with van der Waals surface area (Å²) in [5.41, 5.74) is -1.89. The summed E-state index contributed by atoms with van der Waals surface area (Å²) in [6.07, 6.45) is 1.29.